The minimum Gasteiger partial charge on any atom is -0.309 e. The maximum absolute atomic E-state index is 5.72. The minimum atomic E-state index is -0.745. The van der Waals surface area contributed by atoms with Crippen molar-refractivity contribution in [1.82, 2.24) is 34.1 Å². The number of aromatic nitrogens is 7. The maximum atomic E-state index is 5.72. The largest absolute Gasteiger partial charge is 0.309 e. The Morgan fingerprint density at radius 2 is 0.902 bits per heavy atom. The van der Waals surface area contributed by atoms with Crippen LogP contribution in [0.1, 0.15) is 22.3 Å². The smallest absolute Gasteiger partial charge is 0.164 e. The first kappa shape index (κ1) is 45.2. The highest BCUT2D eigenvalue weighted by molar-refractivity contribution is 7.26. The van der Waals surface area contributed by atoms with Gasteiger partial charge in [0.15, 0.2) is 23.3 Å². The zero-order valence-electron chi connectivity index (χ0n) is 43.9. The average Bonchev–Trinajstić information content (AvgIpc) is 1.82. The Labute approximate surface area is 474 Å². The summed E-state index contributed by atoms with van der Waals surface area (Å²) in [7, 11) is 0. The lowest BCUT2D eigenvalue weighted by Crippen LogP contribution is -2.33. The van der Waals surface area contributed by atoms with Crippen molar-refractivity contribution in [2.24, 2.45) is 0 Å². The molecule has 0 radical (unpaired) electrons. The van der Waals surface area contributed by atoms with Crippen LogP contribution in [0.4, 0.5) is 0 Å². The van der Waals surface area contributed by atoms with E-state index >= 15 is 0 Å². The molecule has 0 saturated heterocycles. The van der Waals surface area contributed by atoms with Gasteiger partial charge >= 0.3 is 0 Å². The predicted molar refractivity (Wildman–Crippen MR) is 335 cm³/mol. The van der Waals surface area contributed by atoms with Crippen LogP contribution in [-0.4, -0.2) is 34.1 Å². The standard InChI is InChI=1S/C74H43N7S/c1-4-20-44(21-5-1)70-77-71(45-22-6-2-7-23-45)79-73(78-70)53-30-19-32-58-65(53)55-43-47(38-40-56(55)74(58)57-31-13-16-36-63(57)81-61-35-15-10-26-49(61)51-29-18-33-59(74)68(51)81)72-75-66(69-67(76-72)52-28-12-17-37-64(52)82-69)46-39-41-62-54(42-46)50-27-11-14-34-60(50)80(62)48-24-8-3-9-25-48/h1-43H. The van der Waals surface area contributed by atoms with Gasteiger partial charge in [-0.3, -0.25) is 0 Å². The van der Waals surface area contributed by atoms with Gasteiger partial charge in [-0.05, 0) is 88.0 Å². The van der Waals surface area contributed by atoms with Crippen LogP contribution in [0.3, 0.4) is 0 Å². The van der Waals surface area contributed by atoms with E-state index in [1.54, 1.807) is 11.3 Å². The Bertz CT molecular complexity index is 5290. The summed E-state index contributed by atoms with van der Waals surface area (Å²) in [6.45, 7) is 0. The van der Waals surface area contributed by atoms with Crippen LogP contribution in [0.25, 0.3) is 143 Å². The second-order valence-electron chi connectivity index (χ2n) is 21.4. The van der Waals surface area contributed by atoms with Gasteiger partial charge in [0.25, 0.3) is 0 Å². The molecule has 0 bridgehead atoms. The molecule has 0 amide bonds. The monoisotopic (exact) mass is 1060 g/mol. The van der Waals surface area contributed by atoms with Crippen molar-refractivity contribution in [2.45, 2.75) is 5.41 Å². The Morgan fingerprint density at radius 3 is 1.68 bits per heavy atom. The Balaban J connectivity index is 0.923. The summed E-state index contributed by atoms with van der Waals surface area (Å²) in [5.41, 5.74) is 19.7. The number of fused-ring (bicyclic) bond motifs is 18. The van der Waals surface area contributed by atoms with Crippen molar-refractivity contribution >= 4 is 75.3 Å². The van der Waals surface area contributed by atoms with Crippen LogP contribution >= 0.6 is 11.3 Å². The molecule has 1 spiro atoms. The zero-order valence-corrected chi connectivity index (χ0v) is 44.7. The average molecular weight is 1060 g/mol. The highest BCUT2D eigenvalue weighted by Gasteiger charge is 2.52. The van der Waals surface area contributed by atoms with Gasteiger partial charge in [0.2, 0.25) is 0 Å². The highest BCUT2D eigenvalue weighted by Crippen LogP contribution is 2.63. The van der Waals surface area contributed by atoms with Crippen molar-refractivity contribution in [3.05, 3.63) is 283 Å². The second-order valence-corrected chi connectivity index (χ2v) is 22.5. The Kier molecular flexibility index (Phi) is 9.47. The maximum Gasteiger partial charge on any atom is 0.164 e. The van der Waals surface area contributed by atoms with E-state index in [-0.39, 0.29) is 0 Å². The normalized spacial score (nSPS) is 14.1. The molecule has 11 aromatic carbocycles. The topological polar surface area (TPSA) is 74.3 Å². The first-order valence-electron chi connectivity index (χ1n) is 27.7. The van der Waals surface area contributed by atoms with E-state index < -0.39 is 5.41 Å². The molecule has 2 aliphatic rings. The molecular formula is C74H43N7S. The van der Waals surface area contributed by atoms with E-state index in [2.05, 4.69) is 234 Å². The van der Waals surface area contributed by atoms with Gasteiger partial charge in [-0.25, -0.2) is 24.9 Å². The highest BCUT2D eigenvalue weighted by atomic mass is 32.1. The first-order valence-corrected chi connectivity index (χ1v) is 28.6. The summed E-state index contributed by atoms with van der Waals surface area (Å²) in [5, 5.41) is 5.93. The fraction of sp³-hybridized carbons (Fsp3) is 0.0135. The molecule has 1 atom stereocenters. The van der Waals surface area contributed by atoms with E-state index in [9.17, 15) is 0 Å². The summed E-state index contributed by atoms with van der Waals surface area (Å²) >= 11 is 1.76. The van der Waals surface area contributed by atoms with Gasteiger partial charge in [0.1, 0.15) is 0 Å². The zero-order chi connectivity index (χ0) is 53.6. The van der Waals surface area contributed by atoms with Crippen molar-refractivity contribution < 1.29 is 0 Å². The van der Waals surface area contributed by atoms with Crippen LogP contribution in [0.5, 0.6) is 0 Å². The minimum absolute atomic E-state index is 0.600. The summed E-state index contributed by atoms with van der Waals surface area (Å²) in [4.78, 5) is 27.3. The van der Waals surface area contributed by atoms with Crippen LogP contribution in [0.15, 0.2) is 261 Å². The number of rotatable bonds is 6. The van der Waals surface area contributed by atoms with Crippen LogP contribution in [0.2, 0.25) is 0 Å². The second kappa shape index (κ2) is 17.2. The molecule has 6 heterocycles. The predicted octanol–water partition coefficient (Wildman–Crippen LogP) is 18.2. The van der Waals surface area contributed by atoms with Gasteiger partial charge in [0.05, 0.1) is 49.1 Å². The lowest BCUT2D eigenvalue weighted by Gasteiger charge is -2.39. The number of hydrogen-bond acceptors (Lipinski definition) is 6. The fourth-order valence-electron chi connectivity index (χ4n) is 13.8. The molecule has 0 N–H and O–H groups in total. The van der Waals surface area contributed by atoms with Gasteiger partial charge in [-0.2, -0.15) is 0 Å². The summed E-state index contributed by atoms with van der Waals surface area (Å²) < 4.78 is 7.09. The van der Waals surface area contributed by atoms with Crippen molar-refractivity contribution in [3.63, 3.8) is 0 Å². The van der Waals surface area contributed by atoms with Gasteiger partial charge in [-0.1, -0.05) is 206 Å². The van der Waals surface area contributed by atoms with Crippen molar-refractivity contribution in [3.8, 4) is 79.3 Å². The number of nitrogens with zero attached hydrogens (tertiary/aromatic N) is 7. The molecule has 1 unspecified atom stereocenters. The summed E-state index contributed by atoms with van der Waals surface area (Å²) in [6, 6.07) is 93.8. The molecule has 0 fully saturated rings. The first-order chi connectivity index (χ1) is 40.7. The third-order valence-electron chi connectivity index (χ3n) is 17.2. The molecule has 8 heteroatoms. The third kappa shape index (κ3) is 6.26. The molecule has 1 aliphatic heterocycles. The van der Waals surface area contributed by atoms with Crippen molar-refractivity contribution in [1.29, 1.82) is 0 Å². The number of para-hydroxylation sites is 5. The number of hydrogen-bond donors (Lipinski definition) is 0. The molecule has 82 heavy (non-hydrogen) atoms. The molecule has 16 aromatic rings. The van der Waals surface area contributed by atoms with E-state index in [0.717, 1.165) is 82.6 Å². The molecule has 18 rings (SSSR count). The van der Waals surface area contributed by atoms with Gasteiger partial charge < -0.3 is 9.13 Å². The van der Waals surface area contributed by atoms with E-state index in [0.29, 0.717) is 23.3 Å². The van der Waals surface area contributed by atoms with E-state index in [4.69, 9.17) is 24.9 Å². The lowest BCUT2D eigenvalue weighted by molar-refractivity contribution is 0.748. The molecule has 5 aromatic heterocycles. The fourth-order valence-corrected chi connectivity index (χ4v) is 15.0. The van der Waals surface area contributed by atoms with E-state index in [1.165, 1.54) is 59.5 Å². The molecule has 0 saturated carbocycles. The number of benzene rings is 11. The quantitative estimate of drug-likeness (QED) is 0.166. The molecule has 7 nitrogen and oxygen atoms in total. The summed E-state index contributed by atoms with van der Waals surface area (Å²) in [5.74, 6) is 2.48. The molecule has 380 valence electrons. The van der Waals surface area contributed by atoms with E-state index in [1.807, 2.05) is 36.4 Å². The SMILES string of the molecule is c1ccc(-c2nc(-c3ccccc3)nc(-c3cccc4c3-c3cc(-c5nc(-c6ccc7c(c6)c6ccccc6n7-c6ccccc6)c6sc7ccccc7c6n5)ccc3C43c4ccccc4-n4c5ccccc5c5cccc3c54)n2)cc1. The lowest BCUT2D eigenvalue weighted by atomic mass is 9.65. The Hall–Kier alpha value is -10.7. The third-order valence-corrected chi connectivity index (χ3v) is 18.4. The molecular weight excluding hydrogens is 1020 g/mol. The van der Waals surface area contributed by atoms with Crippen LogP contribution < -0.4 is 0 Å². The molecule has 1 aliphatic carbocycles. The van der Waals surface area contributed by atoms with Crippen LogP contribution in [0, 0.1) is 0 Å². The van der Waals surface area contributed by atoms with Gasteiger partial charge in [0, 0.05) is 65.1 Å². The van der Waals surface area contributed by atoms with Crippen molar-refractivity contribution in [2.75, 3.05) is 0 Å². The van der Waals surface area contributed by atoms with Crippen LogP contribution in [-0.2, 0) is 5.41 Å². The van der Waals surface area contributed by atoms with Gasteiger partial charge in [-0.15, -0.1) is 11.3 Å². The number of thiophene rings is 1. The summed E-state index contributed by atoms with van der Waals surface area (Å²) in [6.07, 6.45) is 0. The Morgan fingerprint density at radius 1 is 0.329 bits per heavy atom.